The molecule has 0 atom stereocenters. The van der Waals surface area contributed by atoms with Crippen molar-refractivity contribution in [2.75, 3.05) is 7.11 Å². The first-order chi connectivity index (χ1) is 11.3. The first-order valence-electron chi connectivity index (χ1n) is 6.45. The van der Waals surface area contributed by atoms with Crippen molar-refractivity contribution in [1.29, 1.82) is 0 Å². The lowest BCUT2D eigenvalue weighted by Gasteiger charge is -2.08. The monoisotopic (exact) mass is 370 g/mol. The van der Waals surface area contributed by atoms with Gasteiger partial charge in [-0.1, -0.05) is 23.2 Å². The summed E-state index contributed by atoms with van der Waals surface area (Å²) in [6, 6.07) is 4.97. The molecule has 1 amide bonds. The number of phenolic OH excluding ortho intramolecular Hbond substituents is 3. The van der Waals surface area contributed by atoms with Crippen LogP contribution in [0.25, 0.3) is 0 Å². The number of methoxy groups -OCH3 is 1. The van der Waals surface area contributed by atoms with Crippen LogP contribution in [-0.4, -0.2) is 34.6 Å². The molecule has 4 N–H and O–H groups in total. The maximum atomic E-state index is 12.0. The number of hydrogen-bond acceptors (Lipinski definition) is 6. The van der Waals surface area contributed by atoms with Gasteiger partial charge in [-0.15, -0.1) is 0 Å². The molecule has 9 heteroatoms. The van der Waals surface area contributed by atoms with Crippen molar-refractivity contribution >= 4 is 35.3 Å². The van der Waals surface area contributed by atoms with E-state index in [0.717, 1.165) is 12.3 Å². The van der Waals surface area contributed by atoms with Crippen LogP contribution in [0, 0.1) is 0 Å². The van der Waals surface area contributed by atoms with Gasteiger partial charge in [-0.3, -0.25) is 4.79 Å². The number of nitrogens with one attached hydrogen (secondary N) is 1. The topological polar surface area (TPSA) is 111 Å². The minimum atomic E-state index is -0.676. The molecule has 24 heavy (non-hydrogen) atoms. The lowest BCUT2D eigenvalue weighted by molar-refractivity contribution is 0.0954. The molecular weight excluding hydrogens is 359 g/mol. The first-order valence-corrected chi connectivity index (χ1v) is 7.20. The fraction of sp³-hybridized carbons (Fsp3) is 0.0667. The van der Waals surface area contributed by atoms with Gasteiger partial charge in [-0.2, -0.15) is 5.10 Å². The standard InChI is InChI=1S/C15H12Cl2N2O5/c1-24-13-3-7(2-12(21)14(13)22)15(23)19-18-6-9-10(17)4-8(16)5-11(9)20/h2-6,20-22H,1H3,(H,19,23)/b18-6+. The Bertz CT molecular complexity index is 801. The van der Waals surface area contributed by atoms with Gasteiger partial charge >= 0.3 is 0 Å². The number of hydrazone groups is 1. The summed E-state index contributed by atoms with van der Waals surface area (Å²) in [5.74, 6) is -1.93. The summed E-state index contributed by atoms with van der Waals surface area (Å²) in [6.45, 7) is 0. The van der Waals surface area contributed by atoms with E-state index < -0.39 is 17.4 Å². The van der Waals surface area contributed by atoms with Crippen molar-refractivity contribution in [3.63, 3.8) is 0 Å². The van der Waals surface area contributed by atoms with Crippen LogP contribution in [-0.2, 0) is 0 Å². The van der Waals surface area contributed by atoms with Gasteiger partial charge < -0.3 is 20.1 Å². The van der Waals surface area contributed by atoms with E-state index >= 15 is 0 Å². The summed E-state index contributed by atoms with van der Waals surface area (Å²) in [6.07, 6.45) is 1.14. The van der Waals surface area contributed by atoms with E-state index in [-0.39, 0.29) is 32.7 Å². The molecule has 2 aromatic rings. The lowest BCUT2D eigenvalue weighted by Crippen LogP contribution is -2.17. The maximum absolute atomic E-state index is 12.0. The lowest BCUT2D eigenvalue weighted by atomic mass is 10.1. The third-order valence-electron chi connectivity index (χ3n) is 2.97. The molecule has 0 bridgehead atoms. The van der Waals surface area contributed by atoms with Gasteiger partial charge in [0.05, 0.1) is 23.9 Å². The van der Waals surface area contributed by atoms with Crippen molar-refractivity contribution in [1.82, 2.24) is 5.43 Å². The van der Waals surface area contributed by atoms with Gasteiger partial charge in [-0.25, -0.2) is 5.43 Å². The number of phenols is 3. The number of nitrogens with zero attached hydrogens (tertiary/aromatic N) is 1. The van der Waals surface area contributed by atoms with Gasteiger partial charge in [0.25, 0.3) is 5.91 Å². The molecule has 2 rings (SSSR count). The van der Waals surface area contributed by atoms with Crippen LogP contribution in [0.1, 0.15) is 15.9 Å². The molecule has 0 saturated heterocycles. The van der Waals surface area contributed by atoms with Crippen LogP contribution in [0.3, 0.4) is 0 Å². The Morgan fingerprint density at radius 2 is 1.88 bits per heavy atom. The van der Waals surface area contributed by atoms with Crippen molar-refractivity contribution in [2.45, 2.75) is 0 Å². The quantitative estimate of drug-likeness (QED) is 0.375. The van der Waals surface area contributed by atoms with E-state index in [1.54, 1.807) is 0 Å². The summed E-state index contributed by atoms with van der Waals surface area (Å²) in [5, 5.41) is 32.9. The van der Waals surface area contributed by atoms with Crippen molar-refractivity contribution in [2.24, 2.45) is 5.10 Å². The summed E-state index contributed by atoms with van der Waals surface area (Å²) in [4.78, 5) is 12.0. The fourth-order valence-electron chi connectivity index (χ4n) is 1.80. The van der Waals surface area contributed by atoms with Crippen LogP contribution < -0.4 is 10.2 Å². The van der Waals surface area contributed by atoms with Gasteiger partial charge in [-0.05, 0) is 24.3 Å². The molecular formula is C15H12Cl2N2O5. The Morgan fingerprint density at radius 3 is 2.50 bits per heavy atom. The number of aromatic hydroxyl groups is 3. The van der Waals surface area contributed by atoms with Crippen molar-refractivity contribution < 1.29 is 24.9 Å². The second-order valence-corrected chi connectivity index (χ2v) is 5.41. The molecule has 0 unspecified atom stereocenters. The number of benzene rings is 2. The molecule has 0 radical (unpaired) electrons. The average molecular weight is 371 g/mol. The predicted molar refractivity (Wildman–Crippen MR) is 89.5 cm³/mol. The maximum Gasteiger partial charge on any atom is 0.271 e. The Labute approximate surface area is 146 Å². The number of carbonyl (C=O) groups excluding carboxylic acids is 1. The second kappa shape index (κ2) is 7.29. The van der Waals surface area contributed by atoms with E-state index in [4.69, 9.17) is 27.9 Å². The van der Waals surface area contributed by atoms with Crippen LogP contribution >= 0.6 is 23.2 Å². The van der Waals surface area contributed by atoms with Gasteiger partial charge in [0, 0.05) is 10.6 Å². The molecule has 0 heterocycles. The largest absolute Gasteiger partial charge is 0.507 e. The summed E-state index contributed by atoms with van der Waals surface area (Å²) in [5.41, 5.74) is 2.37. The Hall–Kier alpha value is -2.64. The minimum absolute atomic E-state index is 0.00530. The molecule has 0 spiro atoms. The Morgan fingerprint density at radius 1 is 1.17 bits per heavy atom. The first kappa shape index (κ1) is 17.7. The number of hydrogen-bond donors (Lipinski definition) is 4. The van der Waals surface area contributed by atoms with Crippen LogP contribution in [0.4, 0.5) is 0 Å². The molecule has 0 saturated carbocycles. The Kier molecular flexibility index (Phi) is 5.38. The molecule has 0 aromatic heterocycles. The summed E-state index contributed by atoms with van der Waals surface area (Å²) < 4.78 is 4.84. The van der Waals surface area contributed by atoms with Crippen LogP contribution in [0.5, 0.6) is 23.0 Å². The third kappa shape index (κ3) is 3.81. The van der Waals surface area contributed by atoms with E-state index in [9.17, 15) is 20.1 Å². The zero-order valence-corrected chi connectivity index (χ0v) is 13.8. The minimum Gasteiger partial charge on any atom is -0.507 e. The molecule has 0 aliphatic heterocycles. The number of amides is 1. The third-order valence-corrected chi connectivity index (χ3v) is 3.50. The summed E-state index contributed by atoms with van der Waals surface area (Å²) in [7, 11) is 1.28. The number of carbonyl (C=O) groups is 1. The fourth-order valence-corrected chi connectivity index (χ4v) is 2.33. The molecule has 0 aliphatic carbocycles. The highest BCUT2D eigenvalue weighted by Crippen LogP contribution is 2.36. The van der Waals surface area contributed by atoms with Gasteiger partial charge in [0.1, 0.15) is 5.75 Å². The molecule has 7 nitrogen and oxygen atoms in total. The normalized spacial score (nSPS) is 10.8. The zero-order valence-electron chi connectivity index (χ0n) is 12.2. The predicted octanol–water partition coefficient (Wildman–Crippen LogP) is 2.88. The SMILES string of the molecule is COc1cc(C(=O)N/N=C/c2c(O)cc(Cl)cc2Cl)cc(O)c1O. The van der Waals surface area contributed by atoms with E-state index in [2.05, 4.69) is 10.5 Å². The van der Waals surface area contributed by atoms with E-state index in [1.807, 2.05) is 0 Å². The highest BCUT2D eigenvalue weighted by Gasteiger charge is 2.14. The van der Waals surface area contributed by atoms with E-state index in [0.29, 0.717) is 0 Å². The van der Waals surface area contributed by atoms with E-state index in [1.165, 1.54) is 25.3 Å². The molecule has 126 valence electrons. The number of halogens is 2. The van der Waals surface area contributed by atoms with Crippen LogP contribution in [0.2, 0.25) is 10.0 Å². The highest BCUT2D eigenvalue weighted by molar-refractivity contribution is 6.36. The van der Waals surface area contributed by atoms with Crippen molar-refractivity contribution in [3.05, 3.63) is 45.4 Å². The molecule has 0 aliphatic rings. The van der Waals surface area contributed by atoms with Crippen molar-refractivity contribution in [3.8, 4) is 23.0 Å². The summed E-state index contributed by atoms with van der Waals surface area (Å²) >= 11 is 11.6. The zero-order chi connectivity index (χ0) is 17.9. The number of rotatable bonds is 4. The van der Waals surface area contributed by atoms with Gasteiger partial charge in [0.15, 0.2) is 11.5 Å². The van der Waals surface area contributed by atoms with Gasteiger partial charge in [0.2, 0.25) is 5.75 Å². The average Bonchev–Trinajstić information content (AvgIpc) is 2.52. The smallest absolute Gasteiger partial charge is 0.271 e. The second-order valence-electron chi connectivity index (χ2n) is 4.57. The highest BCUT2D eigenvalue weighted by atomic mass is 35.5. The number of ether oxygens (including phenoxy) is 1. The molecule has 2 aromatic carbocycles. The Balaban J connectivity index is 2.18. The molecule has 0 fully saturated rings. The van der Waals surface area contributed by atoms with Crippen LogP contribution in [0.15, 0.2) is 29.4 Å².